The standard InChI is InChI=1S/C20H18ClN5O2S2/c1-13-9-19-22-12-18(14(2)26(19)25-13)15-10-23-20(24-11-15)29-7-8-30(27,28)17-5-3-16(21)4-6-17/h3-6,9-12H,7-8H2,1-2H3. The fraction of sp³-hybridized carbons (Fsp3) is 0.200. The van der Waals surface area contributed by atoms with Crippen LogP contribution in [0.4, 0.5) is 0 Å². The molecule has 0 saturated heterocycles. The number of sulfone groups is 1. The largest absolute Gasteiger partial charge is 0.236 e. The summed E-state index contributed by atoms with van der Waals surface area (Å²) in [5.41, 5.74) is 4.37. The predicted octanol–water partition coefficient (Wildman–Crippen LogP) is 4.02. The highest BCUT2D eigenvalue weighted by Gasteiger charge is 2.15. The van der Waals surface area contributed by atoms with E-state index >= 15 is 0 Å². The maximum Gasteiger partial charge on any atom is 0.187 e. The summed E-state index contributed by atoms with van der Waals surface area (Å²) in [4.78, 5) is 13.4. The summed E-state index contributed by atoms with van der Waals surface area (Å²) in [6, 6.07) is 8.10. The van der Waals surface area contributed by atoms with Crippen LogP contribution in [-0.2, 0) is 9.84 Å². The van der Waals surface area contributed by atoms with Gasteiger partial charge in [-0.1, -0.05) is 23.4 Å². The third-order valence-electron chi connectivity index (χ3n) is 4.54. The molecule has 3 aromatic heterocycles. The molecular weight excluding hydrogens is 442 g/mol. The van der Waals surface area contributed by atoms with Crippen LogP contribution >= 0.6 is 23.4 Å². The van der Waals surface area contributed by atoms with Gasteiger partial charge in [0.05, 0.1) is 22.0 Å². The first kappa shape index (κ1) is 20.8. The summed E-state index contributed by atoms with van der Waals surface area (Å²) in [6.07, 6.45) is 5.22. The smallest absolute Gasteiger partial charge is 0.187 e. The molecule has 0 unspecified atom stereocenters. The van der Waals surface area contributed by atoms with E-state index in [0.29, 0.717) is 15.9 Å². The second-order valence-corrected chi connectivity index (χ2v) is 10.3. The van der Waals surface area contributed by atoms with Crippen molar-refractivity contribution in [1.82, 2.24) is 24.6 Å². The van der Waals surface area contributed by atoms with Crippen LogP contribution in [0, 0.1) is 13.8 Å². The average molecular weight is 460 g/mol. The maximum absolute atomic E-state index is 12.4. The Morgan fingerprint density at radius 1 is 1.03 bits per heavy atom. The highest BCUT2D eigenvalue weighted by atomic mass is 35.5. The first-order valence-electron chi connectivity index (χ1n) is 9.09. The summed E-state index contributed by atoms with van der Waals surface area (Å²) >= 11 is 7.12. The third kappa shape index (κ3) is 4.33. The number of hydrogen-bond donors (Lipinski definition) is 0. The number of nitrogens with zero attached hydrogens (tertiary/aromatic N) is 5. The van der Waals surface area contributed by atoms with E-state index in [0.717, 1.165) is 28.2 Å². The zero-order chi connectivity index (χ0) is 21.3. The quantitative estimate of drug-likeness (QED) is 0.317. The lowest BCUT2D eigenvalue weighted by atomic mass is 10.1. The second-order valence-electron chi connectivity index (χ2n) is 6.69. The molecule has 10 heteroatoms. The Hall–Kier alpha value is -2.49. The van der Waals surface area contributed by atoms with Gasteiger partial charge in [-0.05, 0) is 38.1 Å². The minimum absolute atomic E-state index is 0.0112. The van der Waals surface area contributed by atoms with Gasteiger partial charge in [-0.2, -0.15) is 5.10 Å². The van der Waals surface area contributed by atoms with Gasteiger partial charge in [0.1, 0.15) is 0 Å². The fourth-order valence-electron chi connectivity index (χ4n) is 2.98. The van der Waals surface area contributed by atoms with Gasteiger partial charge in [0.25, 0.3) is 0 Å². The van der Waals surface area contributed by atoms with Gasteiger partial charge < -0.3 is 0 Å². The van der Waals surface area contributed by atoms with E-state index in [4.69, 9.17) is 11.6 Å². The van der Waals surface area contributed by atoms with Crippen LogP contribution in [0.2, 0.25) is 5.02 Å². The fourth-order valence-corrected chi connectivity index (χ4v) is 5.54. The minimum Gasteiger partial charge on any atom is -0.236 e. The highest BCUT2D eigenvalue weighted by molar-refractivity contribution is 8.00. The van der Waals surface area contributed by atoms with Crippen LogP contribution in [0.25, 0.3) is 16.8 Å². The molecule has 30 heavy (non-hydrogen) atoms. The van der Waals surface area contributed by atoms with Crippen molar-refractivity contribution >= 4 is 38.8 Å². The van der Waals surface area contributed by atoms with E-state index in [1.54, 1.807) is 35.2 Å². The number of benzene rings is 1. The Bertz CT molecular complexity index is 1300. The van der Waals surface area contributed by atoms with Gasteiger partial charge in [-0.25, -0.2) is 27.9 Å². The molecule has 4 rings (SSSR count). The van der Waals surface area contributed by atoms with E-state index in [1.165, 1.54) is 23.9 Å². The number of aromatic nitrogens is 5. The molecule has 0 N–H and O–H groups in total. The van der Waals surface area contributed by atoms with E-state index < -0.39 is 9.84 Å². The summed E-state index contributed by atoms with van der Waals surface area (Å²) in [5.74, 6) is 0.339. The molecule has 4 aromatic rings. The number of hydrogen-bond acceptors (Lipinski definition) is 7. The first-order chi connectivity index (χ1) is 14.3. The molecular formula is C20H18ClN5O2S2. The van der Waals surface area contributed by atoms with Crippen LogP contribution in [0.3, 0.4) is 0 Å². The molecule has 154 valence electrons. The third-order valence-corrected chi connectivity index (χ3v) is 7.66. The number of rotatable bonds is 6. The lowest BCUT2D eigenvalue weighted by Crippen LogP contribution is -2.09. The molecule has 0 radical (unpaired) electrons. The number of fused-ring (bicyclic) bond motifs is 1. The van der Waals surface area contributed by atoms with Gasteiger partial charge in [0.15, 0.2) is 20.6 Å². The van der Waals surface area contributed by atoms with Crippen LogP contribution < -0.4 is 0 Å². The Morgan fingerprint density at radius 2 is 1.73 bits per heavy atom. The Labute approximate surface area is 183 Å². The van der Waals surface area contributed by atoms with E-state index in [1.807, 2.05) is 19.9 Å². The van der Waals surface area contributed by atoms with Crippen LogP contribution in [0.5, 0.6) is 0 Å². The zero-order valence-electron chi connectivity index (χ0n) is 16.3. The van der Waals surface area contributed by atoms with Crippen molar-refractivity contribution in [3.8, 4) is 11.1 Å². The Balaban J connectivity index is 1.44. The van der Waals surface area contributed by atoms with Crippen molar-refractivity contribution in [3.63, 3.8) is 0 Å². The molecule has 0 saturated carbocycles. The van der Waals surface area contributed by atoms with Gasteiger partial charge in [0.2, 0.25) is 0 Å². The van der Waals surface area contributed by atoms with E-state index in [2.05, 4.69) is 20.1 Å². The maximum atomic E-state index is 12.4. The lowest BCUT2D eigenvalue weighted by Gasteiger charge is -2.08. The van der Waals surface area contributed by atoms with E-state index in [-0.39, 0.29) is 10.6 Å². The number of halogens is 1. The normalized spacial score (nSPS) is 11.8. The molecule has 0 atom stereocenters. The van der Waals surface area contributed by atoms with Gasteiger partial charge in [0, 0.05) is 46.6 Å². The molecule has 0 aliphatic heterocycles. The lowest BCUT2D eigenvalue weighted by molar-refractivity contribution is 0.597. The molecule has 0 amide bonds. The van der Waals surface area contributed by atoms with Crippen molar-refractivity contribution in [2.45, 2.75) is 23.9 Å². The summed E-state index contributed by atoms with van der Waals surface area (Å²) in [7, 11) is -3.38. The molecule has 0 aliphatic rings. The SMILES string of the molecule is Cc1cc2ncc(-c3cnc(SCCS(=O)(=O)c4ccc(Cl)cc4)nc3)c(C)n2n1. The number of thioether (sulfide) groups is 1. The van der Waals surface area contributed by atoms with Crippen molar-refractivity contribution in [2.75, 3.05) is 11.5 Å². The van der Waals surface area contributed by atoms with Crippen molar-refractivity contribution < 1.29 is 8.42 Å². The first-order valence-corrected chi connectivity index (χ1v) is 12.1. The molecule has 1 aromatic carbocycles. The van der Waals surface area contributed by atoms with Crippen molar-refractivity contribution in [3.05, 3.63) is 65.3 Å². The van der Waals surface area contributed by atoms with Crippen LogP contribution in [0.15, 0.2) is 59.0 Å². The van der Waals surface area contributed by atoms with Gasteiger partial charge in [-0.3, -0.25) is 0 Å². The molecule has 7 nitrogen and oxygen atoms in total. The second kappa shape index (κ2) is 8.33. The molecule has 3 heterocycles. The summed E-state index contributed by atoms with van der Waals surface area (Å²) in [6.45, 7) is 3.90. The topological polar surface area (TPSA) is 90.1 Å². The molecule has 0 spiro atoms. The number of aryl methyl sites for hydroxylation is 2. The molecule has 0 bridgehead atoms. The monoisotopic (exact) mass is 459 g/mol. The van der Waals surface area contributed by atoms with Crippen molar-refractivity contribution in [1.29, 1.82) is 0 Å². The van der Waals surface area contributed by atoms with Crippen LogP contribution in [-0.4, -0.2) is 44.5 Å². The van der Waals surface area contributed by atoms with Gasteiger partial charge in [-0.15, -0.1) is 0 Å². The Kier molecular flexibility index (Phi) is 5.77. The summed E-state index contributed by atoms with van der Waals surface area (Å²) < 4.78 is 26.6. The summed E-state index contributed by atoms with van der Waals surface area (Å²) in [5, 5.41) is 5.48. The van der Waals surface area contributed by atoms with Crippen LogP contribution in [0.1, 0.15) is 11.4 Å². The van der Waals surface area contributed by atoms with Gasteiger partial charge >= 0.3 is 0 Å². The predicted molar refractivity (Wildman–Crippen MR) is 118 cm³/mol. The van der Waals surface area contributed by atoms with E-state index in [9.17, 15) is 8.42 Å². The van der Waals surface area contributed by atoms with Crippen molar-refractivity contribution in [2.24, 2.45) is 0 Å². The highest BCUT2D eigenvalue weighted by Crippen LogP contribution is 2.24. The molecule has 0 aliphatic carbocycles. The minimum atomic E-state index is -3.38. The average Bonchev–Trinajstić information content (AvgIpc) is 3.11. The molecule has 0 fully saturated rings. The Morgan fingerprint density at radius 3 is 2.43 bits per heavy atom. The zero-order valence-corrected chi connectivity index (χ0v) is 18.7.